The van der Waals surface area contributed by atoms with E-state index in [-0.39, 0.29) is 18.0 Å². The molecule has 3 aromatic carbocycles. The minimum Gasteiger partial charge on any atom is -0.497 e. The Balaban J connectivity index is 1.39. The van der Waals surface area contributed by atoms with E-state index in [1.807, 2.05) is 36.4 Å². The Morgan fingerprint density at radius 1 is 1.04 bits per heavy atom. The lowest BCUT2D eigenvalue weighted by Gasteiger charge is -2.13. The van der Waals surface area contributed by atoms with Crippen molar-refractivity contribution in [2.45, 2.75) is 25.0 Å². The lowest BCUT2D eigenvalue weighted by molar-refractivity contribution is -0.123. The van der Waals surface area contributed by atoms with Crippen molar-refractivity contribution in [3.05, 3.63) is 77.9 Å². The average molecular weight is 361 g/mol. The number of hydrazine groups is 1. The van der Waals surface area contributed by atoms with Gasteiger partial charge in [-0.1, -0.05) is 54.6 Å². The Morgan fingerprint density at radius 3 is 2.63 bits per heavy atom. The molecular formula is C22H23N3O2. The third kappa shape index (κ3) is 3.79. The van der Waals surface area contributed by atoms with Crippen LogP contribution in [0.4, 0.5) is 0 Å². The lowest BCUT2D eigenvalue weighted by Crippen LogP contribution is -2.42. The molecule has 0 spiro atoms. The summed E-state index contributed by atoms with van der Waals surface area (Å²) in [5.74, 6) is 0.811. The van der Waals surface area contributed by atoms with Gasteiger partial charge in [0.15, 0.2) is 0 Å². The van der Waals surface area contributed by atoms with Gasteiger partial charge in [0.1, 0.15) is 11.8 Å². The zero-order valence-corrected chi connectivity index (χ0v) is 15.2. The van der Waals surface area contributed by atoms with E-state index in [0.717, 1.165) is 11.3 Å². The van der Waals surface area contributed by atoms with Gasteiger partial charge in [-0.05, 0) is 40.5 Å². The Bertz CT molecular complexity index is 934. The van der Waals surface area contributed by atoms with Crippen molar-refractivity contribution in [1.29, 1.82) is 0 Å². The quantitative estimate of drug-likeness (QED) is 0.654. The number of hydrogen-bond acceptors (Lipinski definition) is 4. The molecule has 0 aromatic heterocycles. The van der Waals surface area contributed by atoms with Crippen LogP contribution < -0.4 is 20.9 Å². The maximum atomic E-state index is 12.5. The second kappa shape index (κ2) is 7.78. The summed E-state index contributed by atoms with van der Waals surface area (Å²) < 4.78 is 5.15. The van der Waals surface area contributed by atoms with Gasteiger partial charge in [0, 0.05) is 12.6 Å². The first-order valence-electron chi connectivity index (χ1n) is 9.14. The highest BCUT2D eigenvalue weighted by Crippen LogP contribution is 2.29. The molecule has 5 heteroatoms. The third-order valence-electron chi connectivity index (χ3n) is 5.04. The van der Waals surface area contributed by atoms with Crippen molar-refractivity contribution in [2.75, 3.05) is 7.11 Å². The molecule has 1 aliphatic rings. The fourth-order valence-electron chi connectivity index (χ4n) is 3.54. The number of rotatable bonds is 5. The molecule has 1 saturated heterocycles. The van der Waals surface area contributed by atoms with Crippen LogP contribution in [-0.4, -0.2) is 19.1 Å². The summed E-state index contributed by atoms with van der Waals surface area (Å²) in [6, 6.07) is 22.2. The van der Waals surface area contributed by atoms with Crippen LogP contribution in [0.3, 0.4) is 0 Å². The van der Waals surface area contributed by atoms with E-state index in [4.69, 9.17) is 4.74 Å². The number of methoxy groups -OCH3 is 1. The Labute approximate surface area is 158 Å². The minimum absolute atomic E-state index is 0.000977. The maximum absolute atomic E-state index is 12.5. The number of ether oxygens (including phenoxy) is 1. The van der Waals surface area contributed by atoms with Crippen LogP contribution in [0.2, 0.25) is 0 Å². The molecule has 0 radical (unpaired) electrons. The van der Waals surface area contributed by atoms with Crippen LogP contribution in [0.25, 0.3) is 10.8 Å². The van der Waals surface area contributed by atoms with E-state index in [1.54, 1.807) is 7.11 Å². The molecule has 2 atom stereocenters. The molecular weight excluding hydrogens is 338 g/mol. The van der Waals surface area contributed by atoms with Crippen molar-refractivity contribution >= 4 is 16.7 Å². The highest BCUT2D eigenvalue weighted by molar-refractivity contribution is 5.86. The van der Waals surface area contributed by atoms with Crippen molar-refractivity contribution in [1.82, 2.24) is 16.2 Å². The zero-order valence-electron chi connectivity index (χ0n) is 15.2. The number of nitrogens with one attached hydrogen (secondary N) is 3. The summed E-state index contributed by atoms with van der Waals surface area (Å²) in [6.45, 7) is 0.500. The second-order valence-electron chi connectivity index (χ2n) is 6.76. The van der Waals surface area contributed by atoms with Gasteiger partial charge < -0.3 is 10.1 Å². The third-order valence-corrected chi connectivity index (χ3v) is 5.04. The van der Waals surface area contributed by atoms with E-state index >= 15 is 0 Å². The van der Waals surface area contributed by atoms with E-state index in [0.29, 0.717) is 13.0 Å². The molecule has 3 aromatic rings. The molecule has 0 aliphatic carbocycles. The summed E-state index contributed by atoms with van der Waals surface area (Å²) in [6.07, 6.45) is 0.711. The minimum atomic E-state index is -0.257. The number of fused-ring (bicyclic) bond motifs is 1. The number of amides is 1. The number of hydrogen-bond donors (Lipinski definition) is 3. The molecule has 138 valence electrons. The van der Waals surface area contributed by atoms with Gasteiger partial charge in [0.2, 0.25) is 5.91 Å². The molecule has 3 N–H and O–H groups in total. The molecule has 1 fully saturated rings. The zero-order chi connectivity index (χ0) is 18.6. The van der Waals surface area contributed by atoms with Gasteiger partial charge in [-0.3, -0.25) is 4.79 Å². The van der Waals surface area contributed by atoms with Crippen LogP contribution in [0.1, 0.15) is 23.6 Å². The summed E-state index contributed by atoms with van der Waals surface area (Å²) >= 11 is 0. The number of benzene rings is 3. The van der Waals surface area contributed by atoms with Gasteiger partial charge >= 0.3 is 0 Å². The van der Waals surface area contributed by atoms with E-state index in [2.05, 4.69) is 46.5 Å². The van der Waals surface area contributed by atoms with E-state index in [9.17, 15) is 4.79 Å². The molecule has 27 heavy (non-hydrogen) atoms. The van der Waals surface area contributed by atoms with Crippen molar-refractivity contribution in [3.63, 3.8) is 0 Å². The molecule has 1 amide bonds. The Kier molecular flexibility index (Phi) is 5.05. The standard InChI is InChI=1S/C22H23N3O2/c1-27-17-11-9-15(10-12-17)14-23-22(26)21-13-20(24-25-21)19-8-4-6-16-5-2-3-7-18(16)19/h2-12,20-21,24-25H,13-14H2,1H3,(H,23,26). The monoisotopic (exact) mass is 361 g/mol. The second-order valence-corrected chi connectivity index (χ2v) is 6.76. The molecule has 1 aliphatic heterocycles. The Hall–Kier alpha value is -2.89. The molecule has 4 rings (SSSR count). The summed E-state index contributed by atoms with van der Waals surface area (Å²) in [7, 11) is 1.64. The first-order chi connectivity index (χ1) is 13.2. The van der Waals surface area contributed by atoms with Crippen LogP contribution in [0.5, 0.6) is 5.75 Å². The predicted octanol–water partition coefficient (Wildman–Crippen LogP) is 3.07. The van der Waals surface area contributed by atoms with Crippen molar-refractivity contribution < 1.29 is 9.53 Å². The highest BCUT2D eigenvalue weighted by Gasteiger charge is 2.30. The molecule has 0 saturated carbocycles. The fourth-order valence-corrected chi connectivity index (χ4v) is 3.54. The van der Waals surface area contributed by atoms with E-state index in [1.165, 1.54) is 16.3 Å². The van der Waals surface area contributed by atoms with Gasteiger partial charge in [-0.15, -0.1) is 0 Å². The highest BCUT2D eigenvalue weighted by atomic mass is 16.5. The number of carbonyl (C=O) groups is 1. The molecule has 0 bridgehead atoms. The fraction of sp³-hybridized carbons (Fsp3) is 0.227. The van der Waals surface area contributed by atoms with Crippen LogP contribution >= 0.6 is 0 Å². The first kappa shape index (κ1) is 17.5. The van der Waals surface area contributed by atoms with Crippen LogP contribution in [0.15, 0.2) is 66.7 Å². The smallest absolute Gasteiger partial charge is 0.238 e. The van der Waals surface area contributed by atoms with Gasteiger partial charge in [-0.2, -0.15) is 0 Å². The predicted molar refractivity (Wildman–Crippen MR) is 106 cm³/mol. The maximum Gasteiger partial charge on any atom is 0.238 e. The van der Waals surface area contributed by atoms with Gasteiger partial charge in [0.25, 0.3) is 0 Å². The number of carbonyl (C=O) groups excluding carboxylic acids is 1. The van der Waals surface area contributed by atoms with E-state index < -0.39 is 0 Å². The van der Waals surface area contributed by atoms with Gasteiger partial charge in [0.05, 0.1) is 7.11 Å². The largest absolute Gasteiger partial charge is 0.497 e. The lowest BCUT2D eigenvalue weighted by atomic mass is 9.96. The van der Waals surface area contributed by atoms with Crippen molar-refractivity contribution in [3.8, 4) is 5.75 Å². The Morgan fingerprint density at radius 2 is 1.81 bits per heavy atom. The summed E-state index contributed by atoms with van der Waals surface area (Å²) in [5, 5.41) is 5.44. The SMILES string of the molecule is COc1ccc(CNC(=O)C2CC(c3cccc4ccccc34)NN2)cc1. The molecule has 1 heterocycles. The molecule has 2 unspecified atom stereocenters. The topological polar surface area (TPSA) is 62.4 Å². The first-order valence-corrected chi connectivity index (χ1v) is 9.14. The van der Waals surface area contributed by atoms with Crippen molar-refractivity contribution in [2.24, 2.45) is 0 Å². The average Bonchev–Trinajstić information content (AvgIpc) is 3.22. The van der Waals surface area contributed by atoms with Crippen LogP contribution in [-0.2, 0) is 11.3 Å². The normalized spacial score (nSPS) is 19.1. The summed E-state index contributed by atoms with van der Waals surface area (Å²) in [4.78, 5) is 12.5. The van der Waals surface area contributed by atoms with Crippen LogP contribution in [0, 0.1) is 0 Å². The summed E-state index contributed by atoms with van der Waals surface area (Å²) in [5.41, 5.74) is 8.68. The van der Waals surface area contributed by atoms with Gasteiger partial charge in [-0.25, -0.2) is 10.9 Å². The molecule has 5 nitrogen and oxygen atoms in total.